The molecule has 0 bridgehead atoms. The van der Waals surface area contributed by atoms with Crippen LogP contribution in [0.4, 0.5) is 4.39 Å². The second kappa shape index (κ2) is 9.29. The molecule has 8 heteroatoms. The van der Waals surface area contributed by atoms with Crippen LogP contribution in [0.25, 0.3) is 0 Å². The predicted octanol–water partition coefficient (Wildman–Crippen LogP) is -2.33. The number of piperidine rings is 1. The maximum Gasteiger partial charge on any atom is 1.00 e. The summed E-state index contributed by atoms with van der Waals surface area (Å²) in [5.74, 6) is -1.70. The first-order valence-corrected chi connectivity index (χ1v) is 7.48. The standard InChI is InChI=1S/C15H18ClFN2O3.Li/c16-12-5-11(6-13(17)7-12)15(22)18-8-10-1-3-19(4-2-10)9-14(20)21;/h5-7,10H,1-4,8-9H2,(H,18,22)(H,20,21);/q;+1/p-1. The van der Waals surface area contributed by atoms with E-state index >= 15 is 0 Å². The molecule has 23 heavy (non-hydrogen) atoms. The molecule has 1 aromatic carbocycles. The van der Waals surface area contributed by atoms with Crippen LogP contribution in [0.2, 0.25) is 5.02 Å². The van der Waals surface area contributed by atoms with Crippen LogP contribution in [0.1, 0.15) is 23.2 Å². The second-order valence-corrected chi connectivity index (χ2v) is 5.90. The molecule has 0 spiro atoms. The fourth-order valence-corrected chi connectivity index (χ4v) is 2.78. The summed E-state index contributed by atoms with van der Waals surface area (Å²) in [5, 5.41) is 13.5. The molecule has 1 fully saturated rings. The zero-order chi connectivity index (χ0) is 16.1. The molecule has 1 aromatic rings. The summed E-state index contributed by atoms with van der Waals surface area (Å²) in [6.45, 7) is 1.76. The number of halogens is 2. The fraction of sp³-hybridized carbons (Fsp3) is 0.467. The third-order valence-electron chi connectivity index (χ3n) is 3.74. The van der Waals surface area contributed by atoms with E-state index < -0.39 is 11.8 Å². The number of amides is 1. The number of hydrogen-bond acceptors (Lipinski definition) is 4. The monoisotopic (exact) mass is 334 g/mol. The Bertz CT molecular complexity index is 545. The van der Waals surface area contributed by atoms with Crippen LogP contribution in [0.15, 0.2) is 18.2 Å². The van der Waals surface area contributed by atoms with Crippen LogP contribution in [-0.2, 0) is 4.79 Å². The molecule has 1 amide bonds. The molecule has 0 unspecified atom stereocenters. The van der Waals surface area contributed by atoms with Crippen molar-refractivity contribution in [1.29, 1.82) is 0 Å². The van der Waals surface area contributed by atoms with Crippen LogP contribution in [0, 0.1) is 11.7 Å². The number of carbonyl (C=O) groups excluding carboxylic acids is 2. The van der Waals surface area contributed by atoms with Gasteiger partial charge in [-0.25, -0.2) is 4.39 Å². The van der Waals surface area contributed by atoms with Crippen molar-refractivity contribution in [2.45, 2.75) is 12.8 Å². The number of nitrogens with zero attached hydrogens (tertiary/aromatic N) is 1. The first-order valence-electron chi connectivity index (χ1n) is 7.10. The van der Waals surface area contributed by atoms with Gasteiger partial charge in [-0.2, -0.15) is 0 Å². The summed E-state index contributed by atoms with van der Waals surface area (Å²) < 4.78 is 13.2. The molecule has 0 saturated carbocycles. The molecule has 0 aliphatic carbocycles. The maximum absolute atomic E-state index is 13.2. The molecular weight excluding hydrogens is 318 g/mol. The fourth-order valence-electron chi connectivity index (χ4n) is 2.56. The van der Waals surface area contributed by atoms with E-state index in [4.69, 9.17) is 11.6 Å². The third kappa shape index (κ3) is 6.52. The SMILES string of the molecule is O=C([O-])CN1CCC(CNC(=O)c2cc(F)cc(Cl)c2)CC1.[Li+]. The van der Waals surface area contributed by atoms with E-state index in [2.05, 4.69) is 5.32 Å². The minimum absolute atomic E-state index is 0. The van der Waals surface area contributed by atoms with Crippen LogP contribution >= 0.6 is 11.6 Å². The Hall–Kier alpha value is -1.06. The number of likely N-dealkylation sites (tertiary alicyclic amines) is 1. The molecule has 120 valence electrons. The van der Waals surface area contributed by atoms with Crippen molar-refractivity contribution in [1.82, 2.24) is 10.2 Å². The van der Waals surface area contributed by atoms with Gasteiger partial charge in [-0.3, -0.25) is 9.69 Å². The Labute approximate surface area is 151 Å². The van der Waals surface area contributed by atoms with Crippen molar-refractivity contribution >= 4 is 23.5 Å². The summed E-state index contributed by atoms with van der Waals surface area (Å²) in [7, 11) is 0. The zero-order valence-corrected chi connectivity index (χ0v) is 13.7. The molecule has 1 N–H and O–H groups in total. The van der Waals surface area contributed by atoms with E-state index in [9.17, 15) is 19.1 Å². The van der Waals surface area contributed by atoms with Crippen LogP contribution in [0.3, 0.4) is 0 Å². The van der Waals surface area contributed by atoms with Gasteiger partial charge in [-0.1, -0.05) is 11.6 Å². The van der Waals surface area contributed by atoms with E-state index in [-0.39, 0.29) is 47.8 Å². The number of hydrogen-bond donors (Lipinski definition) is 1. The minimum Gasteiger partial charge on any atom is -0.549 e. The number of carbonyl (C=O) groups is 2. The largest absolute Gasteiger partial charge is 1.00 e. The average molecular weight is 335 g/mol. The molecule has 1 saturated heterocycles. The van der Waals surface area contributed by atoms with E-state index in [1.54, 1.807) is 0 Å². The quantitative estimate of drug-likeness (QED) is 0.613. The van der Waals surface area contributed by atoms with E-state index in [0.717, 1.165) is 25.0 Å². The Balaban J connectivity index is 0.00000264. The number of nitrogens with one attached hydrogen (secondary N) is 1. The van der Waals surface area contributed by atoms with Gasteiger partial charge in [0.15, 0.2) is 0 Å². The van der Waals surface area contributed by atoms with Gasteiger partial charge in [-0.05, 0) is 50.0 Å². The molecular formula is C15H17ClFLiN2O3. The molecule has 0 radical (unpaired) electrons. The number of carboxylic acids is 1. The van der Waals surface area contributed by atoms with Crippen LogP contribution in [0.5, 0.6) is 0 Å². The van der Waals surface area contributed by atoms with Crippen molar-refractivity contribution < 1.29 is 37.9 Å². The van der Waals surface area contributed by atoms with Gasteiger partial charge in [0.1, 0.15) is 5.82 Å². The topological polar surface area (TPSA) is 72.5 Å². The number of aliphatic carboxylic acids is 1. The zero-order valence-electron chi connectivity index (χ0n) is 13.0. The predicted molar refractivity (Wildman–Crippen MR) is 77.9 cm³/mol. The average Bonchev–Trinajstić information content (AvgIpc) is 2.44. The van der Waals surface area contributed by atoms with Crippen molar-refractivity contribution in [2.75, 3.05) is 26.2 Å². The van der Waals surface area contributed by atoms with Crippen LogP contribution < -0.4 is 29.3 Å². The number of benzene rings is 1. The number of rotatable bonds is 5. The van der Waals surface area contributed by atoms with Crippen molar-refractivity contribution in [2.24, 2.45) is 5.92 Å². The molecule has 1 aliphatic rings. The minimum atomic E-state index is -1.07. The summed E-state index contributed by atoms with van der Waals surface area (Å²) in [5.41, 5.74) is 0.194. The summed E-state index contributed by atoms with van der Waals surface area (Å²) in [6, 6.07) is 3.71. The van der Waals surface area contributed by atoms with Crippen molar-refractivity contribution in [3.8, 4) is 0 Å². The van der Waals surface area contributed by atoms with E-state index in [1.807, 2.05) is 4.90 Å². The van der Waals surface area contributed by atoms with Crippen LogP contribution in [-0.4, -0.2) is 43.0 Å². The smallest absolute Gasteiger partial charge is 0.549 e. The van der Waals surface area contributed by atoms with Gasteiger partial charge in [-0.15, -0.1) is 0 Å². The third-order valence-corrected chi connectivity index (χ3v) is 3.95. The van der Waals surface area contributed by atoms with Gasteiger partial charge in [0, 0.05) is 23.7 Å². The second-order valence-electron chi connectivity index (χ2n) is 5.46. The van der Waals surface area contributed by atoms with Gasteiger partial charge < -0.3 is 15.2 Å². The van der Waals surface area contributed by atoms with Crippen molar-refractivity contribution in [3.63, 3.8) is 0 Å². The molecule has 5 nitrogen and oxygen atoms in total. The Morgan fingerprint density at radius 2 is 1.96 bits per heavy atom. The Morgan fingerprint density at radius 1 is 1.30 bits per heavy atom. The molecule has 0 aromatic heterocycles. The molecule has 1 aliphatic heterocycles. The first kappa shape index (κ1) is 20.0. The summed E-state index contributed by atoms with van der Waals surface area (Å²) in [4.78, 5) is 24.3. The molecule has 1 heterocycles. The van der Waals surface area contributed by atoms with Gasteiger partial charge in [0.25, 0.3) is 5.91 Å². The Morgan fingerprint density at radius 3 is 2.52 bits per heavy atom. The normalized spacial score (nSPS) is 15.7. The van der Waals surface area contributed by atoms with Gasteiger partial charge in [0.2, 0.25) is 0 Å². The first-order chi connectivity index (χ1) is 10.4. The van der Waals surface area contributed by atoms with Crippen molar-refractivity contribution in [3.05, 3.63) is 34.6 Å². The molecule has 0 atom stereocenters. The van der Waals surface area contributed by atoms with E-state index in [1.165, 1.54) is 6.07 Å². The molecule has 2 rings (SSSR count). The van der Waals surface area contributed by atoms with Gasteiger partial charge >= 0.3 is 18.9 Å². The number of carboxylic acid groups (broad SMARTS) is 1. The Kier molecular flexibility index (Phi) is 8.07. The summed E-state index contributed by atoms with van der Waals surface area (Å²) >= 11 is 5.72. The summed E-state index contributed by atoms with van der Waals surface area (Å²) in [6.07, 6.45) is 1.61. The van der Waals surface area contributed by atoms with Gasteiger partial charge in [0.05, 0.1) is 5.97 Å². The van der Waals surface area contributed by atoms with E-state index in [0.29, 0.717) is 19.6 Å². The maximum atomic E-state index is 13.2.